The number of rotatable bonds is 3. The molecule has 22 heavy (non-hydrogen) atoms. The monoisotopic (exact) mass is 322 g/mol. The van der Waals surface area contributed by atoms with Crippen molar-refractivity contribution in [1.82, 2.24) is 5.32 Å². The molecule has 118 valence electrons. The van der Waals surface area contributed by atoms with E-state index in [1.54, 1.807) is 11.0 Å². The first-order valence-corrected chi connectivity index (χ1v) is 7.84. The first-order valence-electron chi connectivity index (χ1n) is 7.46. The average molecular weight is 323 g/mol. The molecule has 0 aromatic heterocycles. The smallest absolute Gasteiger partial charge is 0.249 e. The zero-order valence-corrected chi connectivity index (χ0v) is 13.2. The van der Waals surface area contributed by atoms with Gasteiger partial charge in [0.2, 0.25) is 11.8 Å². The molecular formula is C16H19ClN2O3. The predicted molar refractivity (Wildman–Crippen MR) is 83.9 cm³/mol. The minimum Gasteiger partial charge on any atom is -0.379 e. The Morgan fingerprint density at radius 1 is 1.41 bits per heavy atom. The summed E-state index contributed by atoms with van der Waals surface area (Å²) >= 11 is 6.18. The lowest BCUT2D eigenvalue weighted by Crippen LogP contribution is -2.59. The molecule has 5 nitrogen and oxygen atoms in total. The highest BCUT2D eigenvalue weighted by Crippen LogP contribution is 2.30. The Kier molecular flexibility index (Phi) is 4.10. The van der Waals surface area contributed by atoms with Crippen LogP contribution in [0, 0.1) is 5.41 Å². The van der Waals surface area contributed by atoms with Gasteiger partial charge >= 0.3 is 0 Å². The molecule has 2 aliphatic rings. The minimum absolute atomic E-state index is 0.100. The summed E-state index contributed by atoms with van der Waals surface area (Å²) in [4.78, 5) is 26.6. The largest absolute Gasteiger partial charge is 0.379 e. The summed E-state index contributed by atoms with van der Waals surface area (Å²) in [7, 11) is 0. The second-order valence-electron chi connectivity index (χ2n) is 6.16. The number of nitrogens with zero attached hydrogens (tertiary/aromatic N) is 1. The number of amides is 2. The number of nitrogens with one attached hydrogen (secondary N) is 1. The molecule has 0 aliphatic carbocycles. The SMILES string of the molecule is CC1(C(=O)NC2CCCN(c3ccccc3Cl)C2=O)COC1. The first-order chi connectivity index (χ1) is 10.5. The standard InChI is InChI=1S/C16H19ClN2O3/c1-16(9-22-10-16)15(21)18-12-6-4-8-19(14(12)20)13-7-3-2-5-11(13)17/h2-3,5,7,12H,4,6,8-10H2,1H3,(H,18,21). The molecule has 1 aromatic carbocycles. The fourth-order valence-corrected chi connectivity index (χ4v) is 3.03. The molecule has 1 aromatic rings. The van der Waals surface area contributed by atoms with Gasteiger partial charge in [-0.2, -0.15) is 0 Å². The van der Waals surface area contributed by atoms with Crippen molar-refractivity contribution in [3.63, 3.8) is 0 Å². The lowest BCUT2D eigenvalue weighted by Gasteiger charge is -2.39. The zero-order valence-electron chi connectivity index (χ0n) is 12.5. The maximum atomic E-state index is 12.7. The number of anilines is 1. The van der Waals surface area contributed by atoms with Crippen LogP contribution >= 0.6 is 11.6 Å². The van der Waals surface area contributed by atoms with Gasteiger partial charge in [-0.05, 0) is 31.9 Å². The van der Waals surface area contributed by atoms with Gasteiger partial charge in [0.1, 0.15) is 6.04 Å². The highest BCUT2D eigenvalue weighted by atomic mass is 35.5. The Bertz CT molecular complexity index is 601. The Balaban J connectivity index is 1.73. The van der Waals surface area contributed by atoms with Crippen molar-refractivity contribution in [2.75, 3.05) is 24.7 Å². The average Bonchev–Trinajstić information content (AvgIpc) is 2.48. The Labute approximate surface area is 134 Å². The summed E-state index contributed by atoms with van der Waals surface area (Å²) in [6, 6.07) is 6.78. The molecule has 6 heteroatoms. The van der Waals surface area contributed by atoms with E-state index >= 15 is 0 Å². The third kappa shape index (κ3) is 2.71. The number of halogens is 1. The number of hydrogen-bond acceptors (Lipinski definition) is 3. The molecule has 0 spiro atoms. The molecule has 1 N–H and O–H groups in total. The van der Waals surface area contributed by atoms with E-state index in [0.717, 1.165) is 6.42 Å². The summed E-state index contributed by atoms with van der Waals surface area (Å²) < 4.78 is 5.11. The first kappa shape index (κ1) is 15.3. The Morgan fingerprint density at radius 3 is 2.77 bits per heavy atom. The second-order valence-corrected chi connectivity index (χ2v) is 6.57. The van der Waals surface area contributed by atoms with Crippen LogP contribution in [0.4, 0.5) is 5.69 Å². The van der Waals surface area contributed by atoms with Gasteiger partial charge in [0.15, 0.2) is 0 Å². The van der Waals surface area contributed by atoms with Crippen molar-refractivity contribution in [1.29, 1.82) is 0 Å². The summed E-state index contributed by atoms with van der Waals surface area (Å²) in [6.07, 6.45) is 1.48. The van der Waals surface area contributed by atoms with Crippen LogP contribution in [0.3, 0.4) is 0 Å². The van der Waals surface area contributed by atoms with Gasteiger partial charge in [-0.1, -0.05) is 23.7 Å². The fraction of sp³-hybridized carbons (Fsp3) is 0.500. The molecule has 2 fully saturated rings. The molecule has 3 rings (SSSR count). The van der Waals surface area contributed by atoms with Crippen LogP contribution in [0.25, 0.3) is 0 Å². The third-order valence-electron chi connectivity index (χ3n) is 4.28. The number of ether oxygens (including phenoxy) is 1. The van der Waals surface area contributed by atoms with Crippen molar-refractivity contribution in [3.8, 4) is 0 Å². The Morgan fingerprint density at radius 2 is 2.14 bits per heavy atom. The highest BCUT2D eigenvalue weighted by molar-refractivity contribution is 6.33. The summed E-state index contributed by atoms with van der Waals surface area (Å²) in [5.74, 6) is -0.213. The molecule has 2 saturated heterocycles. The van der Waals surface area contributed by atoms with E-state index in [9.17, 15) is 9.59 Å². The van der Waals surface area contributed by atoms with Gasteiger partial charge in [0.05, 0.1) is 29.3 Å². The third-order valence-corrected chi connectivity index (χ3v) is 4.60. The van der Waals surface area contributed by atoms with E-state index in [1.807, 2.05) is 25.1 Å². The maximum absolute atomic E-state index is 12.7. The van der Waals surface area contributed by atoms with Gasteiger partial charge in [0, 0.05) is 6.54 Å². The number of piperidine rings is 1. The van der Waals surface area contributed by atoms with Crippen LogP contribution in [0.5, 0.6) is 0 Å². The molecule has 1 unspecified atom stereocenters. The van der Waals surface area contributed by atoms with Crippen LogP contribution in [-0.2, 0) is 14.3 Å². The van der Waals surface area contributed by atoms with Crippen LogP contribution in [-0.4, -0.2) is 37.6 Å². The quantitative estimate of drug-likeness (QED) is 0.926. The van der Waals surface area contributed by atoms with Crippen LogP contribution in [0.15, 0.2) is 24.3 Å². The van der Waals surface area contributed by atoms with Gasteiger partial charge in [0.25, 0.3) is 0 Å². The molecule has 0 saturated carbocycles. The van der Waals surface area contributed by atoms with Crippen molar-refractivity contribution >= 4 is 29.1 Å². The Hall–Kier alpha value is -1.59. The zero-order chi connectivity index (χ0) is 15.7. The molecule has 2 heterocycles. The maximum Gasteiger partial charge on any atom is 0.249 e. The summed E-state index contributed by atoms with van der Waals surface area (Å²) in [5, 5.41) is 3.42. The minimum atomic E-state index is -0.507. The van der Waals surface area contributed by atoms with E-state index in [-0.39, 0.29) is 11.8 Å². The predicted octanol–water partition coefficient (Wildman–Crippen LogP) is 1.99. The number of hydrogen-bond donors (Lipinski definition) is 1. The van der Waals surface area contributed by atoms with Crippen molar-refractivity contribution in [3.05, 3.63) is 29.3 Å². The van der Waals surface area contributed by atoms with Crippen LogP contribution in [0.1, 0.15) is 19.8 Å². The van der Waals surface area contributed by atoms with Crippen molar-refractivity contribution in [2.24, 2.45) is 5.41 Å². The molecule has 1 atom stereocenters. The van der Waals surface area contributed by atoms with E-state index < -0.39 is 11.5 Å². The van der Waals surface area contributed by atoms with E-state index in [2.05, 4.69) is 5.32 Å². The molecule has 0 radical (unpaired) electrons. The number of benzene rings is 1. The van der Waals surface area contributed by atoms with Gasteiger partial charge in [-0.15, -0.1) is 0 Å². The van der Waals surface area contributed by atoms with E-state index in [1.165, 1.54) is 0 Å². The molecular weight excluding hydrogens is 304 g/mol. The number of carbonyl (C=O) groups is 2. The number of para-hydroxylation sites is 1. The number of carbonyl (C=O) groups excluding carboxylic acids is 2. The summed E-state index contributed by atoms with van der Waals surface area (Å²) in [5.41, 5.74) is 0.193. The molecule has 0 bridgehead atoms. The van der Waals surface area contributed by atoms with Gasteiger partial charge in [-0.25, -0.2) is 0 Å². The van der Waals surface area contributed by atoms with Crippen molar-refractivity contribution in [2.45, 2.75) is 25.8 Å². The fourth-order valence-electron chi connectivity index (χ4n) is 2.79. The van der Waals surface area contributed by atoms with Crippen LogP contribution < -0.4 is 10.2 Å². The van der Waals surface area contributed by atoms with Crippen LogP contribution in [0.2, 0.25) is 5.02 Å². The summed E-state index contributed by atoms with van der Waals surface area (Å²) in [6.45, 7) is 3.29. The van der Waals surface area contributed by atoms with E-state index in [0.29, 0.717) is 36.9 Å². The van der Waals surface area contributed by atoms with Gasteiger partial charge < -0.3 is 15.0 Å². The highest BCUT2D eigenvalue weighted by Gasteiger charge is 2.43. The lowest BCUT2D eigenvalue weighted by molar-refractivity contribution is -0.159. The normalized spacial score (nSPS) is 23.8. The van der Waals surface area contributed by atoms with Crippen molar-refractivity contribution < 1.29 is 14.3 Å². The second kappa shape index (κ2) is 5.89. The van der Waals surface area contributed by atoms with Gasteiger partial charge in [-0.3, -0.25) is 9.59 Å². The van der Waals surface area contributed by atoms with E-state index in [4.69, 9.17) is 16.3 Å². The lowest BCUT2D eigenvalue weighted by atomic mass is 9.87. The topological polar surface area (TPSA) is 58.6 Å². The molecule has 2 amide bonds. The molecule has 2 aliphatic heterocycles.